The molecular weight excluding hydrogens is 599 g/mol. The van der Waals surface area contributed by atoms with Crippen molar-refractivity contribution in [1.82, 2.24) is 0 Å². The van der Waals surface area contributed by atoms with Crippen molar-refractivity contribution in [2.75, 3.05) is 0 Å². The zero-order chi connectivity index (χ0) is 22.3. The van der Waals surface area contributed by atoms with E-state index < -0.39 is 0 Å². The van der Waals surface area contributed by atoms with Gasteiger partial charge in [-0.25, -0.2) is 6.07 Å². The smallest absolute Gasteiger partial charge is 0.0307 e. The molecule has 5 rings (SSSR count). The zero-order valence-corrected chi connectivity index (χ0v) is 30.1. The van der Waals surface area contributed by atoms with Gasteiger partial charge in [0.1, 0.15) is 0 Å². The molecular formula is C34H48Cl2SiZr-8. The van der Waals surface area contributed by atoms with Crippen LogP contribution in [0.5, 0.6) is 0 Å². The van der Waals surface area contributed by atoms with Crippen LogP contribution in [0.1, 0.15) is 43.9 Å². The normalized spacial score (nSPS) is 10.2. The van der Waals surface area contributed by atoms with E-state index in [0.29, 0.717) is 5.41 Å². The average Bonchev–Trinajstić information content (AvgIpc) is 3.48. The second-order valence-corrected chi connectivity index (χ2v) is 10.7. The Balaban J connectivity index is -0.000000161. The number of rotatable bonds is 2. The molecule has 0 amide bonds. The molecule has 4 aromatic carbocycles. The summed E-state index contributed by atoms with van der Waals surface area (Å²) in [5.41, 5.74) is 7.87. The molecule has 0 heterocycles. The Morgan fingerprint density at radius 2 is 1.45 bits per heavy atom. The fourth-order valence-corrected chi connectivity index (χ4v) is 4.43. The summed E-state index contributed by atoms with van der Waals surface area (Å²) in [6.45, 7) is 11.1. The van der Waals surface area contributed by atoms with Gasteiger partial charge >= 0.3 is 0 Å². The maximum atomic E-state index is 2.39. The van der Waals surface area contributed by atoms with Crippen molar-refractivity contribution < 1.29 is 51.0 Å². The molecule has 38 heavy (non-hydrogen) atoms. The van der Waals surface area contributed by atoms with E-state index in [-0.39, 0.29) is 80.7 Å². The van der Waals surface area contributed by atoms with Gasteiger partial charge in [-0.05, 0) is 30.2 Å². The summed E-state index contributed by atoms with van der Waals surface area (Å²) < 4.78 is 0. The summed E-state index contributed by atoms with van der Waals surface area (Å²) in [6.07, 6.45) is 4.97. The van der Waals surface area contributed by atoms with E-state index in [1.54, 1.807) is 11.1 Å². The van der Waals surface area contributed by atoms with Crippen LogP contribution in [-0.4, -0.2) is 9.52 Å². The number of fused-ring (bicyclic) bond motifs is 2. The molecule has 0 aromatic heterocycles. The third-order valence-corrected chi connectivity index (χ3v) is 5.54. The Morgan fingerprint density at radius 1 is 0.842 bits per heavy atom. The van der Waals surface area contributed by atoms with Crippen LogP contribution in [0.4, 0.5) is 0 Å². The van der Waals surface area contributed by atoms with Gasteiger partial charge in [0, 0.05) is 35.7 Å². The van der Waals surface area contributed by atoms with E-state index >= 15 is 0 Å². The Bertz CT molecular complexity index is 1060. The molecule has 0 N–H and O–H groups in total. The van der Waals surface area contributed by atoms with Gasteiger partial charge in [0.05, 0.1) is 0 Å². The third kappa shape index (κ3) is 13.4. The van der Waals surface area contributed by atoms with Crippen molar-refractivity contribution >= 4 is 20.3 Å². The Labute approximate surface area is 270 Å². The minimum absolute atomic E-state index is 0. The molecule has 0 spiro atoms. The summed E-state index contributed by atoms with van der Waals surface area (Å²) in [7, 11) is 1.08. The first-order chi connectivity index (χ1) is 14.9. The first kappa shape index (κ1) is 46.9. The van der Waals surface area contributed by atoms with Crippen LogP contribution in [0.2, 0.25) is 13.1 Å². The third-order valence-electron chi connectivity index (χ3n) is 5.54. The first-order valence-electron chi connectivity index (χ1n) is 11.5. The molecule has 0 nitrogen and oxygen atoms in total. The molecule has 0 fully saturated rings. The SMILES string of the molecule is CC(C)(C)Cc1cc[cH-]c1.C[Si]C.[CH3-].[CH3-].[CH3-].[CH3-].[Cl-].[Cl-].[Zr].c1ccc(-c2c3c(cc4[cH-]ccc24)CCC3)cc1. The van der Waals surface area contributed by atoms with Crippen LogP contribution in [0.3, 0.4) is 0 Å². The van der Waals surface area contributed by atoms with Gasteiger partial charge in [0.25, 0.3) is 0 Å². The van der Waals surface area contributed by atoms with Gasteiger partial charge in [-0.3, -0.25) is 0 Å². The molecule has 0 saturated carbocycles. The fraction of sp³-hybridized carbons (Fsp3) is 0.294. The summed E-state index contributed by atoms with van der Waals surface area (Å²) in [6, 6.07) is 28.5. The molecule has 4 heteroatoms. The van der Waals surface area contributed by atoms with E-state index in [1.165, 1.54) is 53.1 Å². The van der Waals surface area contributed by atoms with E-state index in [1.807, 2.05) is 0 Å². The Morgan fingerprint density at radius 3 is 1.97 bits per heavy atom. The second kappa shape index (κ2) is 22.9. The second-order valence-electron chi connectivity index (χ2n) is 9.67. The minimum Gasteiger partial charge on any atom is -1.00 e. The van der Waals surface area contributed by atoms with Crippen molar-refractivity contribution in [3.63, 3.8) is 0 Å². The number of aryl methyl sites for hydroxylation is 1. The minimum atomic E-state index is 0. The molecule has 4 aromatic rings. The van der Waals surface area contributed by atoms with Crippen LogP contribution in [0, 0.1) is 35.1 Å². The topological polar surface area (TPSA) is 0 Å². The van der Waals surface area contributed by atoms with Crippen LogP contribution >= 0.6 is 0 Å². The van der Waals surface area contributed by atoms with Gasteiger partial charge in [-0.2, -0.15) is 35.9 Å². The fourth-order valence-electron chi connectivity index (χ4n) is 4.43. The van der Waals surface area contributed by atoms with E-state index in [2.05, 4.69) is 113 Å². The molecule has 1 aliphatic carbocycles. The summed E-state index contributed by atoms with van der Waals surface area (Å²) in [4.78, 5) is 0. The average molecular weight is 647 g/mol. The summed E-state index contributed by atoms with van der Waals surface area (Å²) in [5.74, 6) is 0. The van der Waals surface area contributed by atoms with Gasteiger partial charge in [0.15, 0.2) is 0 Å². The Hall–Kier alpha value is -0.920. The monoisotopic (exact) mass is 644 g/mol. The molecule has 2 radical (unpaired) electrons. The standard InChI is InChI=1S/C18H15.C10H15.C2H6Si.4CH3.2ClH.Zr/c1-2-6-13(7-3-1)18-16-10-4-8-14(16)12-15-9-5-11-17(15)18;1-10(2,3)8-9-6-4-5-7-9;1-3-2;;;;;;;/h1-4,6-8,10,12H,5,9,11H2;4-7H,8H2,1-3H3;1-2H3;4*1H3;2*1H;/q2*-1;;4*-1;;;/p-2. The number of halogens is 2. The number of hydrogen-bond acceptors (Lipinski definition) is 0. The largest absolute Gasteiger partial charge is 1.00 e. The maximum Gasteiger partial charge on any atom is 0.0307 e. The van der Waals surface area contributed by atoms with Crippen LogP contribution in [0.15, 0.2) is 78.9 Å². The molecule has 0 unspecified atom stereocenters. The molecule has 1 aliphatic rings. The van der Waals surface area contributed by atoms with Crippen molar-refractivity contribution in [2.45, 2.75) is 59.5 Å². The van der Waals surface area contributed by atoms with Crippen molar-refractivity contribution in [3.8, 4) is 11.1 Å². The number of hydrogen-bond donors (Lipinski definition) is 0. The van der Waals surface area contributed by atoms with E-state index in [0.717, 1.165) is 9.52 Å². The van der Waals surface area contributed by atoms with Crippen LogP contribution in [0.25, 0.3) is 21.9 Å². The van der Waals surface area contributed by atoms with Crippen LogP contribution < -0.4 is 24.8 Å². The molecule has 0 aliphatic heterocycles. The van der Waals surface area contributed by atoms with Gasteiger partial charge in [0.2, 0.25) is 0 Å². The quantitative estimate of drug-likeness (QED) is 0.225. The van der Waals surface area contributed by atoms with E-state index in [9.17, 15) is 0 Å². The van der Waals surface area contributed by atoms with Crippen molar-refractivity contribution in [2.24, 2.45) is 5.41 Å². The summed E-state index contributed by atoms with van der Waals surface area (Å²) in [5, 5.41) is 2.82. The molecule has 0 bridgehead atoms. The van der Waals surface area contributed by atoms with Gasteiger partial charge in [-0.1, -0.05) is 87.3 Å². The molecule has 0 atom stereocenters. The Kier molecular flexibility index (Phi) is 28.2. The summed E-state index contributed by atoms with van der Waals surface area (Å²) >= 11 is 0. The number of benzene rings is 2. The van der Waals surface area contributed by atoms with E-state index in [4.69, 9.17) is 0 Å². The van der Waals surface area contributed by atoms with Crippen LogP contribution in [-0.2, 0) is 45.5 Å². The molecule has 0 saturated heterocycles. The first-order valence-corrected chi connectivity index (χ1v) is 13.5. The zero-order valence-electron chi connectivity index (χ0n) is 25.1. The van der Waals surface area contributed by atoms with Gasteiger partial charge in [-0.15, -0.1) is 22.9 Å². The van der Waals surface area contributed by atoms with Crippen molar-refractivity contribution in [3.05, 3.63) is 125 Å². The molecule has 214 valence electrons. The predicted octanol–water partition coefficient (Wildman–Crippen LogP) is 4.30. The predicted molar refractivity (Wildman–Crippen MR) is 165 cm³/mol. The van der Waals surface area contributed by atoms with Gasteiger partial charge < -0.3 is 54.5 Å². The van der Waals surface area contributed by atoms with Crippen molar-refractivity contribution in [1.29, 1.82) is 0 Å². The maximum absolute atomic E-state index is 2.39.